The Morgan fingerprint density at radius 3 is 3.00 bits per heavy atom. The first kappa shape index (κ1) is 11.8. The first-order valence-electron chi connectivity index (χ1n) is 5.76. The highest BCUT2D eigenvalue weighted by Crippen LogP contribution is 2.37. The summed E-state index contributed by atoms with van der Waals surface area (Å²) in [5.74, 6) is -0.856. The summed E-state index contributed by atoms with van der Waals surface area (Å²) in [5, 5.41) is 8.70. The van der Waals surface area contributed by atoms with E-state index in [0.29, 0.717) is 18.4 Å². The number of aryl methyl sites for hydroxylation is 1. The van der Waals surface area contributed by atoms with Crippen molar-refractivity contribution in [3.8, 4) is 0 Å². The van der Waals surface area contributed by atoms with E-state index in [1.165, 1.54) is 0 Å². The molecule has 3 heteroatoms. The lowest BCUT2D eigenvalue weighted by Gasteiger charge is -2.22. The topological polar surface area (TPSA) is 37.3 Å². The molecule has 0 heterocycles. The van der Waals surface area contributed by atoms with Crippen molar-refractivity contribution >= 4 is 11.8 Å². The molecular formula is C14H15FO2. The van der Waals surface area contributed by atoms with Crippen molar-refractivity contribution in [3.63, 3.8) is 0 Å². The Balaban J connectivity index is 2.27. The second-order valence-corrected chi connectivity index (χ2v) is 4.51. The first-order valence-corrected chi connectivity index (χ1v) is 5.76. The second kappa shape index (κ2) is 4.70. The second-order valence-electron chi connectivity index (χ2n) is 4.51. The van der Waals surface area contributed by atoms with Crippen LogP contribution in [-0.2, 0) is 4.79 Å². The molecular weight excluding hydrogens is 219 g/mol. The van der Waals surface area contributed by atoms with Gasteiger partial charge in [-0.3, -0.25) is 4.79 Å². The van der Waals surface area contributed by atoms with E-state index in [-0.39, 0.29) is 18.2 Å². The van der Waals surface area contributed by atoms with Crippen LogP contribution in [0.5, 0.6) is 0 Å². The van der Waals surface area contributed by atoms with Gasteiger partial charge in [-0.05, 0) is 43.4 Å². The molecule has 0 fully saturated rings. The molecule has 1 atom stereocenters. The lowest BCUT2D eigenvalue weighted by atomic mass is 9.83. The molecule has 1 aromatic carbocycles. The molecule has 0 radical (unpaired) electrons. The third kappa shape index (κ3) is 2.54. The maximum atomic E-state index is 13.7. The summed E-state index contributed by atoms with van der Waals surface area (Å²) in [5.41, 5.74) is 2.59. The van der Waals surface area contributed by atoms with Gasteiger partial charge in [0.15, 0.2) is 0 Å². The predicted molar refractivity (Wildman–Crippen MR) is 64.5 cm³/mol. The van der Waals surface area contributed by atoms with Crippen molar-refractivity contribution in [2.24, 2.45) is 0 Å². The van der Waals surface area contributed by atoms with Gasteiger partial charge in [-0.15, -0.1) is 0 Å². The number of hydrogen-bond acceptors (Lipinski definition) is 1. The third-order valence-corrected chi connectivity index (χ3v) is 3.19. The molecule has 1 aromatic rings. The maximum absolute atomic E-state index is 13.7. The highest BCUT2D eigenvalue weighted by atomic mass is 19.1. The van der Waals surface area contributed by atoms with Crippen LogP contribution in [0.4, 0.5) is 4.39 Å². The van der Waals surface area contributed by atoms with Crippen molar-refractivity contribution in [3.05, 3.63) is 41.0 Å². The van der Waals surface area contributed by atoms with E-state index >= 15 is 0 Å². The van der Waals surface area contributed by atoms with Crippen LogP contribution in [0.15, 0.2) is 24.3 Å². The van der Waals surface area contributed by atoms with Gasteiger partial charge in [-0.1, -0.05) is 17.7 Å². The average Bonchev–Trinajstić information content (AvgIpc) is 2.28. The van der Waals surface area contributed by atoms with Gasteiger partial charge in [-0.25, -0.2) is 4.39 Å². The third-order valence-electron chi connectivity index (χ3n) is 3.19. The fourth-order valence-corrected chi connectivity index (χ4v) is 2.29. The Morgan fingerprint density at radius 2 is 2.29 bits per heavy atom. The van der Waals surface area contributed by atoms with E-state index in [1.807, 2.05) is 25.1 Å². The van der Waals surface area contributed by atoms with Gasteiger partial charge < -0.3 is 5.11 Å². The summed E-state index contributed by atoms with van der Waals surface area (Å²) in [4.78, 5) is 10.6. The zero-order valence-corrected chi connectivity index (χ0v) is 9.74. The van der Waals surface area contributed by atoms with Crippen LogP contribution in [0.25, 0.3) is 5.83 Å². The van der Waals surface area contributed by atoms with E-state index in [2.05, 4.69) is 0 Å². The zero-order valence-electron chi connectivity index (χ0n) is 9.74. The van der Waals surface area contributed by atoms with Crippen LogP contribution >= 0.6 is 0 Å². The fraction of sp³-hybridized carbons (Fsp3) is 0.357. The van der Waals surface area contributed by atoms with Crippen molar-refractivity contribution < 1.29 is 14.3 Å². The van der Waals surface area contributed by atoms with Gasteiger partial charge >= 0.3 is 5.97 Å². The number of carbonyl (C=O) groups is 1. The molecule has 0 aliphatic heterocycles. The monoisotopic (exact) mass is 234 g/mol. The lowest BCUT2D eigenvalue weighted by Crippen LogP contribution is -2.08. The predicted octanol–water partition coefficient (Wildman–Crippen LogP) is 3.66. The van der Waals surface area contributed by atoms with Gasteiger partial charge in [0.05, 0.1) is 0 Å². The highest BCUT2D eigenvalue weighted by molar-refractivity contribution is 5.68. The normalized spacial score (nSPS) is 18.5. The van der Waals surface area contributed by atoms with E-state index in [1.54, 1.807) is 6.08 Å². The molecule has 1 aliphatic carbocycles. The largest absolute Gasteiger partial charge is 0.481 e. The summed E-state index contributed by atoms with van der Waals surface area (Å²) >= 11 is 0. The molecule has 0 spiro atoms. The number of benzene rings is 1. The van der Waals surface area contributed by atoms with E-state index in [0.717, 1.165) is 11.1 Å². The maximum Gasteiger partial charge on any atom is 0.303 e. The van der Waals surface area contributed by atoms with Crippen molar-refractivity contribution in [2.75, 3.05) is 0 Å². The van der Waals surface area contributed by atoms with Gasteiger partial charge in [0.25, 0.3) is 0 Å². The van der Waals surface area contributed by atoms with E-state index in [9.17, 15) is 9.18 Å². The van der Waals surface area contributed by atoms with Gasteiger partial charge in [0.2, 0.25) is 0 Å². The molecule has 0 saturated carbocycles. The molecule has 0 aromatic heterocycles. The summed E-state index contributed by atoms with van der Waals surface area (Å²) in [7, 11) is 0. The Bertz CT molecular complexity index is 477. The van der Waals surface area contributed by atoms with Crippen LogP contribution in [0, 0.1) is 6.92 Å². The summed E-state index contributed by atoms with van der Waals surface area (Å²) in [6.45, 7) is 1.93. The summed E-state index contributed by atoms with van der Waals surface area (Å²) in [6, 6.07) is 5.70. The summed E-state index contributed by atoms with van der Waals surface area (Å²) in [6.07, 6.45) is 2.85. The molecule has 1 unspecified atom stereocenters. The fourth-order valence-electron chi connectivity index (χ4n) is 2.29. The smallest absolute Gasteiger partial charge is 0.303 e. The number of aliphatic carboxylic acids is 1. The van der Waals surface area contributed by atoms with E-state index < -0.39 is 5.97 Å². The molecule has 17 heavy (non-hydrogen) atoms. The Morgan fingerprint density at radius 1 is 1.53 bits per heavy atom. The van der Waals surface area contributed by atoms with Crippen LogP contribution in [0.2, 0.25) is 0 Å². The van der Waals surface area contributed by atoms with Crippen LogP contribution in [0.3, 0.4) is 0 Å². The Hall–Kier alpha value is -1.64. The molecule has 1 aliphatic rings. The van der Waals surface area contributed by atoms with Gasteiger partial charge in [0.1, 0.15) is 5.83 Å². The molecule has 90 valence electrons. The Kier molecular flexibility index (Phi) is 3.27. The highest BCUT2D eigenvalue weighted by Gasteiger charge is 2.22. The SMILES string of the molecule is Cc1ccc2c(c1)C(F)=CCC2CCC(=O)O. The van der Waals surface area contributed by atoms with Gasteiger partial charge in [0, 0.05) is 12.0 Å². The molecule has 2 rings (SSSR count). The minimum Gasteiger partial charge on any atom is -0.481 e. The van der Waals surface area contributed by atoms with Crippen molar-refractivity contribution in [1.29, 1.82) is 0 Å². The quantitative estimate of drug-likeness (QED) is 0.866. The molecule has 0 amide bonds. The zero-order chi connectivity index (χ0) is 12.4. The Labute approximate surface area is 99.8 Å². The van der Waals surface area contributed by atoms with Crippen molar-refractivity contribution in [2.45, 2.75) is 32.1 Å². The molecule has 0 saturated heterocycles. The minimum absolute atomic E-state index is 0.126. The van der Waals surface area contributed by atoms with Crippen LogP contribution in [-0.4, -0.2) is 11.1 Å². The number of fused-ring (bicyclic) bond motifs is 1. The van der Waals surface area contributed by atoms with E-state index in [4.69, 9.17) is 5.11 Å². The number of carboxylic acids is 1. The number of allylic oxidation sites excluding steroid dienone is 1. The minimum atomic E-state index is -0.798. The molecule has 2 nitrogen and oxygen atoms in total. The average molecular weight is 234 g/mol. The van der Waals surface area contributed by atoms with Gasteiger partial charge in [-0.2, -0.15) is 0 Å². The number of rotatable bonds is 3. The van der Waals surface area contributed by atoms with Crippen LogP contribution in [0.1, 0.15) is 41.9 Å². The standard InChI is InChI=1S/C14H15FO2/c1-9-2-5-11-10(4-7-14(16)17)3-6-13(15)12(11)8-9/h2,5-6,8,10H,3-4,7H2,1H3,(H,16,17). The number of carboxylic acid groups (broad SMARTS) is 1. The van der Waals surface area contributed by atoms with Crippen molar-refractivity contribution in [1.82, 2.24) is 0 Å². The molecule has 1 N–H and O–H groups in total. The molecule has 0 bridgehead atoms. The lowest BCUT2D eigenvalue weighted by molar-refractivity contribution is -0.137. The number of hydrogen-bond donors (Lipinski definition) is 1. The van der Waals surface area contributed by atoms with Crippen LogP contribution < -0.4 is 0 Å². The summed E-state index contributed by atoms with van der Waals surface area (Å²) < 4.78 is 13.7. The first-order chi connectivity index (χ1) is 8.08. The number of halogens is 1.